The second-order valence-corrected chi connectivity index (χ2v) is 5.53. The number of carboxylic acids is 1. The van der Waals surface area contributed by atoms with E-state index in [1.165, 1.54) is 0 Å². The minimum atomic E-state index is -3.29. The maximum atomic E-state index is 11.5. The second-order valence-electron chi connectivity index (χ2n) is 3.69. The van der Waals surface area contributed by atoms with Crippen molar-refractivity contribution < 1.29 is 18.3 Å². The molecule has 0 atom stereocenters. The van der Waals surface area contributed by atoms with Gasteiger partial charge in [-0.3, -0.25) is 9.52 Å². The lowest BCUT2D eigenvalue weighted by atomic mass is 10.1. The average Bonchev–Trinajstić information content (AvgIpc) is 2.19. The number of hydrogen-bond donors (Lipinski definition) is 2. The first-order valence-electron chi connectivity index (χ1n) is 5.24. The van der Waals surface area contributed by atoms with Gasteiger partial charge < -0.3 is 5.11 Å². The monoisotopic (exact) mass is 257 g/mol. The van der Waals surface area contributed by atoms with Crippen molar-refractivity contribution in [3.05, 3.63) is 29.8 Å². The first-order valence-corrected chi connectivity index (χ1v) is 6.89. The molecule has 0 bridgehead atoms. The molecule has 1 aromatic carbocycles. The molecule has 0 radical (unpaired) electrons. The highest BCUT2D eigenvalue weighted by molar-refractivity contribution is 7.92. The van der Waals surface area contributed by atoms with E-state index >= 15 is 0 Å². The molecule has 0 spiro atoms. The van der Waals surface area contributed by atoms with Gasteiger partial charge in [0, 0.05) is 5.69 Å². The van der Waals surface area contributed by atoms with Crippen LogP contribution in [0.1, 0.15) is 18.9 Å². The van der Waals surface area contributed by atoms with Gasteiger partial charge in [-0.05, 0) is 24.1 Å². The molecule has 17 heavy (non-hydrogen) atoms. The fourth-order valence-electron chi connectivity index (χ4n) is 1.36. The number of anilines is 1. The van der Waals surface area contributed by atoms with E-state index in [9.17, 15) is 13.2 Å². The molecule has 0 saturated carbocycles. The summed E-state index contributed by atoms with van der Waals surface area (Å²) < 4.78 is 25.3. The van der Waals surface area contributed by atoms with Crippen LogP contribution >= 0.6 is 0 Å². The summed E-state index contributed by atoms with van der Waals surface area (Å²) in [7, 11) is -3.29. The molecule has 5 nitrogen and oxygen atoms in total. The van der Waals surface area contributed by atoms with E-state index in [0.717, 1.165) is 0 Å². The molecule has 1 aromatic rings. The lowest BCUT2D eigenvalue weighted by Crippen LogP contribution is -2.16. The topological polar surface area (TPSA) is 83.5 Å². The summed E-state index contributed by atoms with van der Waals surface area (Å²) >= 11 is 0. The van der Waals surface area contributed by atoms with Crippen molar-refractivity contribution in [3.63, 3.8) is 0 Å². The maximum absolute atomic E-state index is 11.5. The number of carboxylic acid groups (broad SMARTS) is 1. The van der Waals surface area contributed by atoms with Crippen LogP contribution in [0.15, 0.2) is 24.3 Å². The summed E-state index contributed by atoms with van der Waals surface area (Å²) in [6.45, 7) is 1.79. The van der Waals surface area contributed by atoms with E-state index < -0.39 is 16.0 Å². The van der Waals surface area contributed by atoms with Gasteiger partial charge in [-0.25, -0.2) is 8.42 Å². The summed E-state index contributed by atoms with van der Waals surface area (Å²) in [6, 6.07) is 6.31. The normalized spacial score (nSPS) is 11.1. The van der Waals surface area contributed by atoms with Crippen molar-refractivity contribution >= 4 is 21.7 Å². The minimum Gasteiger partial charge on any atom is -0.481 e. The lowest BCUT2D eigenvalue weighted by Gasteiger charge is -2.07. The SMILES string of the molecule is CCCS(=O)(=O)Nc1ccc(CC(=O)O)cc1. The molecule has 2 N–H and O–H groups in total. The van der Waals surface area contributed by atoms with Gasteiger partial charge in [0.2, 0.25) is 10.0 Å². The molecule has 0 saturated heterocycles. The molecule has 0 aliphatic heterocycles. The number of carbonyl (C=O) groups is 1. The quantitative estimate of drug-likeness (QED) is 0.808. The standard InChI is InChI=1S/C11H15NO4S/c1-2-7-17(15,16)12-10-5-3-9(4-6-10)8-11(13)14/h3-6,12H,2,7-8H2,1H3,(H,13,14). The van der Waals surface area contributed by atoms with Crippen molar-refractivity contribution in [3.8, 4) is 0 Å². The number of sulfonamides is 1. The van der Waals surface area contributed by atoms with Crippen LogP contribution in [0, 0.1) is 0 Å². The van der Waals surface area contributed by atoms with E-state index in [4.69, 9.17) is 5.11 Å². The maximum Gasteiger partial charge on any atom is 0.307 e. The Bertz CT molecular complexity index is 479. The Labute approximate surface area is 101 Å². The van der Waals surface area contributed by atoms with Crippen LogP contribution in [0.25, 0.3) is 0 Å². The number of hydrogen-bond acceptors (Lipinski definition) is 3. The van der Waals surface area contributed by atoms with Crippen LogP contribution in [0.4, 0.5) is 5.69 Å². The molecule has 1 rings (SSSR count). The Kier molecular flexibility index (Phi) is 4.51. The zero-order chi connectivity index (χ0) is 12.9. The molecule has 6 heteroatoms. The third kappa shape index (κ3) is 4.86. The Hall–Kier alpha value is -1.56. The van der Waals surface area contributed by atoms with Crippen molar-refractivity contribution in [2.45, 2.75) is 19.8 Å². The van der Waals surface area contributed by atoms with Gasteiger partial charge in [-0.15, -0.1) is 0 Å². The van der Waals surface area contributed by atoms with Crippen LogP contribution in [-0.2, 0) is 21.2 Å². The van der Waals surface area contributed by atoms with Crippen LogP contribution in [0.5, 0.6) is 0 Å². The molecular weight excluding hydrogens is 242 g/mol. The highest BCUT2D eigenvalue weighted by atomic mass is 32.2. The summed E-state index contributed by atoms with van der Waals surface area (Å²) in [5.74, 6) is -0.839. The lowest BCUT2D eigenvalue weighted by molar-refractivity contribution is -0.136. The minimum absolute atomic E-state index is 0.0675. The van der Waals surface area contributed by atoms with Crippen molar-refractivity contribution in [1.82, 2.24) is 0 Å². The highest BCUT2D eigenvalue weighted by Gasteiger charge is 2.08. The van der Waals surface area contributed by atoms with Crippen molar-refractivity contribution in [1.29, 1.82) is 0 Å². The van der Waals surface area contributed by atoms with Crippen molar-refractivity contribution in [2.75, 3.05) is 10.5 Å². The van der Waals surface area contributed by atoms with Crippen molar-refractivity contribution in [2.24, 2.45) is 0 Å². The first kappa shape index (κ1) is 13.5. The third-order valence-electron chi connectivity index (χ3n) is 2.06. The molecule has 0 heterocycles. The van der Waals surface area contributed by atoms with E-state index in [2.05, 4.69) is 4.72 Å². The fraction of sp³-hybridized carbons (Fsp3) is 0.364. The van der Waals surface area contributed by atoms with Crippen LogP contribution in [0.2, 0.25) is 0 Å². The zero-order valence-electron chi connectivity index (χ0n) is 9.51. The van der Waals surface area contributed by atoms with Crippen LogP contribution < -0.4 is 4.72 Å². The molecule has 94 valence electrons. The van der Waals surface area contributed by atoms with Gasteiger partial charge in [0.15, 0.2) is 0 Å². The zero-order valence-corrected chi connectivity index (χ0v) is 10.3. The smallest absolute Gasteiger partial charge is 0.307 e. The Balaban J connectivity index is 2.72. The van der Waals surface area contributed by atoms with E-state index in [0.29, 0.717) is 17.7 Å². The molecule has 0 fully saturated rings. The fourth-order valence-corrected chi connectivity index (χ4v) is 2.50. The summed E-state index contributed by atoms with van der Waals surface area (Å²) in [4.78, 5) is 10.5. The molecule has 0 amide bonds. The number of nitrogens with one attached hydrogen (secondary N) is 1. The predicted octanol–water partition coefficient (Wildman–Crippen LogP) is 1.47. The summed E-state index contributed by atoms with van der Waals surface area (Å²) in [5, 5.41) is 8.58. The second kappa shape index (κ2) is 5.67. The Morgan fingerprint density at radius 3 is 2.35 bits per heavy atom. The molecule has 0 aliphatic carbocycles. The first-order chi connectivity index (χ1) is 7.93. The Morgan fingerprint density at radius 2 is 1.88 bits per heavy atom. The number of rotatable bonds is 6. The largest absolute Gasteiger partial charge is 0.481 e. The number of benzene rings is 1. The van der Waals surface area contributed by atoms with Gasteiger partial charge in [0.1, 0.15) is 0 Å². The third-order valence-corrected chi connectivity index (χ3v) is 3.55. The molecule has 0 aromatic heterocycles. The molecule has 0 unspecified atom stereocenters. The highest BCUT2D eigenvalue weighted by Crippen LogP contribution is 2.12. The summed E-state index contributed by atoms with van der Waals surface area (Å²) in [6.07, 6.45) is 0.481. The average molecular weight is 257 g/mol. The van der Waals surface area contributed by atoms with Gasteiger partial charge in [0.25, 0.3) is 0 Å². The van der Waals surface area contributed by atoms with Crippen LogP contribution in [0.3, 0.4) is 0 Å². The number of aliphatic carboxylic acids is 1. The predicted molar refractivity (Wildman–Crippen MR) is 65.5 cm³/mol. The molecular formula is C11H15NO4S. The van der Waals surface area contributed by atoms with E-state index in [-0.39, 0.29) is 12.2 Å². The van der Waals surface area contributed by atoms with Gasteiger partial charge in [0.05, 0.1) is 12.2 Å². The Morgan fingerprint density at radius 1 is 1.29 bits per heavy atom. The molecule has 0 aliphatic rings. The van der Waals surface area contributed by atoms with Gasteiger partial charge >= 0.3 is 5.97 Å². The van der Waals surface area contributed by atoms with Crippen LogP contribution in [-0.4, -0.2) is 25.2 Å². The van der Waals surface area contributed by atoms with Gasteiger partial charge in [-0.1, -0.05) is 19.1 Å². The summed E-state index contributed by atoms with van der Waals surface area (Å²) in [5.41, 5.74) is 1.09. The van der Waals surface area contributed by atoms with E-state index in [1.54, 1.807) is 31.2 Å². The van der Waals surface area contributed by atoms with Gasteiger partial charge in [-0.2, -0.15) is 0 Å². The van der Waals surface area contributed by atoms with E-state index in [1.807, 2.05) is 0 Å².